The first kappa shape index (κ1) is 19.3. The third kappa shape index (κ3) is 3.05. The first-order chi connectivity index (χ1) is 14.6. The third-order valence-electron chi connectivity index (χ3n) is 9.46. The summed E-state index contributed by atoms with van der Waals surface area (Å²) in [4.78, 5) is 7.92. The smallest absolute Gasteiger partial charge is 0.114 e. The van der Waals surface area contributed by atoms with E-state index in [0.717, 1.165) is 30.8 Å². The Bertz CT molecular complexity index is 899. The summed E-state index contributed by atoms with van der Waals surface area (Å²) in [6, 6.07) is 9.42. The minimum absolute atomic E-state index is 0.575. The van der Waals surface area contributed by atoms with Crippen LogP contribution in [0.5, 0.6) is 0 Å². The minimum atomic E-state index is 0.575. The molecule has 3 saturated carbocycles. The summed E-state index contributed by atoms with van der Waals surface area (Å²) in [6.07, 6.45) is 8.23. The van der Waals surface area contributed by atoms with E-state index in [-0.39, 0.29) is 0 Å². The van der Waals surface area contributed by atoms with Crippen molar-refractivity contribution in [2.45, 2.75) is 64.3 Å². The number of piperidine rings is 1. The van der Waals surface area contributed by atoms with E-state index < -0.39 is 0 Å². The second kappa shape index (κ2) is 7.34. The average Bonchev–Trinajstić information content (AvgIpc) is 3.42. The molecule has 0 radical (unpaired) electrons. The van der Waals surface area contributed by atoms with Gasteiger partial charge in [0.2, 0.25) is 0 Å². The van der Waals surface area contributed by atoms with Crippen LogP contribution in [0.15, 0.2) is 24.3 Å². The van der Waals surface area contributed by atoms with Gasteiger partial charge in [-0.2, -0.15) is 0 Å². The summed E-state index contributed by atoms with van der Waals surface area (Å²) in [6.45, 7) is 11.1. The molecule has 1 unspecified atom stereocenters. The number of aromatic nitrogens is 2. The van der Waals surface area contributed by atoms with Crippen LogP contribution in [0.2, 0.25) is 0 Å². The summed E-state index contributed by atoms with van der Waals surface area (Å²) in [5.41, 5.74) is 3.15. The predicted octanol–water partition coefficient (Wildman–Crippen LogP) is 4.82. The van der Waals surface area contributed by atoms with E-state index in [1.807, 2.05) is 0 Å². The number of para-hydroxylation sites is 2. The predicted molar refractivity (Wildman–Crippen MR) is 123 cm³/mol. The molecule has 2 aliphatic heterocycles. The summed E-state index contributed by atoms with van der Waals surface area (Å²) >= 11 is 0. The Hall–Kier alpha value is -1.39. The van der Waals surface area contributed by atoms with Crippen LogP contribution in [0.3, 0.4) is 0 Å². The van der Waals surface area contributed by atoms with Gasteiger partial charge in [0.05, 0.1) is 11.0 Å². The highest BCUT2D eigenvalue weighted by Crippen LogP contribution is 2.61. The van der Waals surface area contributed by atoms with Crippen molar-refractivity contribution in [1.29, 1.82) is 0 Å². The topological polar surface area (TPSA) is 33.1 Å². The molecular weight excluding hydrogens is 368 g/mol. The van der Waals surface area contributed by atoms with E-state index in [1.165, 1.54) is 75.0 Å². The van der Waals surface area contributed by atoms with Gasteiger partial charge in [-0.15, -0.1) is 0 Å². The molecule has 4 nitrogen and oxygen atoms in total. The number of likely N-dealkylation sites (tertiary alicyclic amines) is 1. The van der Waals surface area contributed by atoms with Crippen LogP contribution in [0, 0.1) is 23.2 Å². The van der Waals surface area contributed by atoms with E-state index in [9.17, 15) is 0 Å². The molecule has 4 heteroatoms. The van der Waals surface area contributed by atoms with Crippen molar-refractivity contribution >= 4 is 11.0 Å². The lowest BCUT2D eigenvalue weighted by atomic mass is 9.45. The van der Waals surface area contributed by atoms with Crippen LogP contribution >= 0.6 is 0 Å². The molecule has 1 N–H and O–H groups in total. The van der Waals surface area contributed by atoms with Gasteiger partial charge < -0.3 is 14.8 Å². The number of fused-ring (bicyclic) bond motifs is 3. The lowest BCUT2D eigenvalue weighted by Gasteiger charge is -2.61. The first-order valence-electron chi connectivity index (χ1n) is 12.5. The molecule has 2 aromatic rings. The maximum absolute atomic E-state index is 5.12. The van der Waals surface area contributed by atoms with Crippen LogP contribution in [-0.4, -0.2) is 47.2 Å². The largest absolute Gasteiger partial charge is 0.324 e. The standard InChI is InChI=1S/C26H38N4/c1-26(2)20-8-7-19(22(26)15-20)17-29-13-10-21(11-14-29)30-24-6-4-3-5-23(24)28-25(30)18-9-12-27-16-18/h3-6,18-22,27H,7-17H2,1-2H3/t18-,19+,20?,22+/m1/s1. The molecule has 4 atom stereocenters. The molecule has 30 heavy (non-hydrogen) atoms. The van der Waals surface area contributed by atoms with E-state index in [4.69, 9.17) is 4.98 Å². The van der Waals surface area contributed by atoms with Crippen LogP contribution in [0.4, 0.5) is 0 Å². The molecule has 2 bridgehead atoms. The van der Waals surface area contributed by atoms with Crippen molar-refractivity contribution < 1.29 is 0 Å². The van der Waals surface area contributed by atoms with Gasteiger partial charge in [0.1, 0.15) is 5.82 Å². The molecule has 0 amide bonds. The van der Waals surface area contributed by atoms with E-state index in [2.05, 4.69) is 52.9 Å². The maximum Gasteiger partial charge on any atom is 0.114 e. The molecule has 7 rings (SSSR count). The van der Waals surface area contributed by atoms with E-state index in [0.29, 0.717) is 17.4 Å². The van der Waals surface area contributed by atoms with Crippen molar-refractivity contribution in [2.24, 2.45) is 23.2 Å². The highest BCUT2D eigenvalue weighted by Gasteiger charge is 2.54. The normalized spacial score (nSPS) is 34.3. The Balaban J connectivity index is 1.17. The Kier molecular flexibility index (Phi) is 4.72. The fourth-order valence-electron chi connectivity index (χ4n) is 7.48. The Labute approximate surface area is 181 Å². The monoisotopic (exact) mass is 406 g/mol. The molecule has 5 aliphatic rings. The Morgan fingerprint density at radius 2 is 1.90 bits per heavy atom. The zero-order chi connectivity index (χ0) is 20.3. The van der Waals surface area contributed by atoms with Gasteiger partial charge in [-0.1, -0.05) is 26.0 Å². The van der Waals surface area contributed by atoms with Crippen LogP contribution in [-0.2, 0) is 0 Å². The number of hydrogen-bond acceptors (Lipinski definition) is 3. The minimum Gasteiger partial charge on any atom is -0.324 e. The number of rotatable bonds is 4. The highest BCUT2D eigenvalue weighted by molar-refractivity contribution is 5.76. The number of nitrogens with zero attached hydrogens (tertiary/aromatic N) is 3. The molecule has 0 spiro atoms. The second-order valence-corrected chi connectivity index (χ2v) is 11.2. The molecule has 2 saturated heterocycles. The van der Waals surface area contributed by atoms with E-state index in [1.54, 1.807) is 0 Å². The van der Waals surface area contributed by atoms with Gasteiger partial charge in [0, 0.05) is 38.1 Å². The lowest BCUT2D eigenvalue weighted by Crippen LogP contribution is -2.55. The van der Waals surface area contributed by atoms with Gasteiger partial charge in [-0.05, 0) is 80.4 Å². The summed E-state index contributed by atoms with van der Waals surface area (Å²) in [7, 11) is 0. The van der Waals surface area contributed by atoms with Crippen molar-refractivity contribution in [3.8, 4) is 0 Å². The number of nitrogens with one attached hydrogen (secondary N) is 1. The van der Waals surface area contributed by atoms with Gasteiger partial charge in [0.15, 0.2) is 0 Å². The van der Waals surface area contributed by atoms with Crippen LogP contribution in [0.25, 0.3) is 11.0 Å². The lowest BCUT2D eigenvalue weighted by molar-refractivity contribution is -0.112. The van der Waals surface area contributed by atoms with Crippen LogP contribution in [0.1, 0.15) is 70.2 Å². The first-order valence-corrected chi connectivity index (χ1v) is 12.5. The SMILES string of the molecule is CC1(C)C2CC[C@@H](CN3CCC(n4c([C@@H]5CCNC5)nc5ccccc54)CC3)[C@@H]1C2. The average molecular weight is 407 g/mol. The summed E-state index contributed by atoms with van der Waals surface area (Å²) < 4.78 is 2.64. The van der Waals surface area contributed by atoms with Crippen molar-refractivity contribution in [3.05, 3.63) is 30.1 Å². The zero-order valence-corrected chi connectivity index (χ0v) is 18.8. The molecule has 162 valence electrons. The third-order valence-corrected chi connectivity index (χ3v) is 9.46. The summed E-state index contributed by atoms with van der Waals surface area (Å²) in [5, 5.41) is 3.55. The Morgan fingerprint density at radius 3 is 2.63 bits per heavy atom. The van der Waals surface area contributed by atoms with Crippen molar-refractivity contribution in [1.82, 2.24) is 19.8 Å². The highest BCUT2D eigenvalue weighted by atomic mass is 15.2. The number of imidazole rings is 1. The van der Waals surface area contributed by atoms with E-state index >= 15 is 0 Å². The molecule has 3 aliphatic carbocycles. The summed E-state index contributed by atoms with van der Waals surface area (Å²) in [5.74, 6) is 4.85. The van der Waals surface area contributed by atoms with Gasteiger partial charge >= 0.3 is 0 Å². The van der Waals surface area contributed by atoms with Gasteiger partial charge in [-0.25, -0.2) is 4.98 Å². The molecule has 1 aromatic heterocycles. The molecule has 5 fully saturated rings. The Morgan fingerprint density at radius 1 is 1.07 bits per heavy atom. The maximum atomic E-state index is 5.12. The van der Waals surface area contributed by atoms with Crippen molar-refractivity contribution in [3.63, 3.8) is 0 Å². The van der Waals surface area contributed by atoms with Gasteiger partial charge in [-0.3, -0.25) is 0 Å². The molecule has 1 aromatic carbocycles. The van der Waals surface area contributed by atoms with Crippen LogP contribution < -0.4 is 5.32 Å². The zero-order valence-electron chi connectivity index (χ0n) is 18.8. The second-order valence-electron chi connectivity index (χ2n) is 11.2. The number of hydrogen-bond donors (Lipinski definition) is 1. The molecular formula is C26H38N4. The fourth-order valence-corrected chi connectivity index (χ4v) is 7.48. The quantitative estimate of drug-likeness (QED) is 0.790. The fraction of sp³-hybridized carbons (Fsp3) is 0.731. The molecule has 3 heterocycles. The number of benzene rings is 1. The van der Waals surface area contributed by atoms with Crippen molar-refractivity contribution in [2.75, 3.05) is 32.7 Å². The van der Waals surface area contributed by atoms with Gasteiger partial charge in [0.25, 0.3) is 0 Å².